The summed E-state index contributed by atoms with van der Waals surface area (Å²) in [5, 5.41) is 9.13. The average molecular weight is 334 g/mol. The number of aromatic nitrogens is 2. The summed E-state index contributed by atoms with van der Waals surface area (Å²) in [5.41, 5.74) is 0. The molecule has 0 atom stereocenters. The lowest BCUT2D eigenvalue weighted by molar-refractivity contribution is 1.02. The molecule has 0 radical (unpaired) electrons. The number of benzene rings is 1. The lowest BCUT2D eigenvalue weighted by Gasteiger charge is -1.96. The number of halogens is 1. The van der Waals surface area contributed by atoms with Crippen molar-refractivity contribution >= 4 is 45.7 Å². The van der Waals surface area contributed by atoms with Crippen LogP contribution in [0.25, 0.3) is 0 Å². The van der Waals surface area contributed by atoms with E-state index in [1.165, 1.54) is 4.90 Å². The van der Waals surface area contributed by atoms with Crippen molar-refractivity contribution in [1.82, 2.24) is 10.2 Å². The van der Waals surface area contributed by atoms with Crippen LogP contribution in [0.3, 0.4) is 0 Å². The van der Waals surface area contributed by atoms with Crippen LogP contribution in [0.5, 0.6) is 0 Å². The summed E-state index contributed by atoms with van der Waals surface area (Å²) >= 11 is 5.63. The van der Waals surface area contributed by atoms with Crippen LogP contribution < -0.4 is 0 Å². The topological polar surface area (TPSA) is 25.8 Å². The molecule has 0 aliphatic rings. The van der Waals surface area contributed by atoms with Gasteiger partial charge >= 0.3 is 0 Å². The largest absolute Gasteiger partial charge is 0.178 e. The molecule has 0 saturated carbocycles. The first kappa shape index (κ1) is 10.4. The molecular formula is C9H7IN2S2. The van der Waals surface area contributed by atoms with Gasteiger partial charge in [-0.25, -0.2) is 0 Å². The smallest absolute Gasteiger partial charge is 0.142 e. The second-order valence-electron chi connectivity index (χ2n) is 2.55. The van der Waals surface area contributed by atoms with Gasteiger partial charge in [0.15, 0.2) is 3.01 Å². The van der Waals surface area contributed by atoms with Gasteiger partial charge in [0.05, 0.1) is 5.75 Å². The molecular weight excluding hydrogens is 327 g/mol. The fraction of sp³-hybridized carbons (Fsp3) is 0.111. The summed E-state index contributed by atoms with van der Waals surface area (Å²) < 4.78 is 1.01. The summed E-state index contributed by atoms with van der Waals surface area (Å²) in [5.74, 6) is 0.907. The summed E-state index contributed by atoms with van der Waals surface area (Å²) in [6, 6.07) is 10.3. The fourth-order valence-electron chi connectivity index (χ4n) is 0.953. The maximum absolute atomic E-state index is 4.07. The minimum atomic E-state index is 0.907. The number of hydrogen-bond acceptors (Lipinski definition) is 4. The van der Waals surface area contributed by atoms with Gasteiger partial charge in [-0.2, -0.15) is 0 Å². The Morgan fingerprint density at radius 2 is 2.00 bits per heavy atom. The normalized spacial score (nSPS) is 10.4. The van der Waals surface area contributed by atoms with Crippen molar-refractivity contribution in [2.75, 3.05) is 0 Å². The van der Waals surface area contributed by atoms with E-state index in [0.29, 0.717) is 0 Å². The Morgan fingerprint density at radius 3 is 2.64 bits per heavy atom. The van der Waals surface area contributed by atoms with Gasteiger partial charge in [-0.1, -0.05) is 29.5 Å². The Hall–Kier alpha value is -0.140. The van der Waals surface area contributed by atoms with Gasteiger partial charge in [-0.15, -0.1) is 22.0 Å². The van der Waals surface area contributed by atoms with E-state index in [0.717, 1.165) is 13.8 Å². The zero-order valence-electron chi connectivity index (χ0n) is 7.18. The zero-order chi connectivity index (χ0) is 9.80. The quantitative estimate of drug-likeness (QED) is 0.635. The number of rotatable bonds is 3. The van der Waals surface area contributed by atoms with E-state index in [1.54, 1.807) is 23.1 Å². The van der Waals surface area contributed by atoms with Crippen molar-refractivity contribution < 1.29 is 0 Å². The second-order valence-corrected chi connectivity index (χ2v) is 6.42. The third-order valence-electron chi connectivity index (χ3n) is 1.55. The molecule has 0 bridgehead atoms. The lowest BCUT2D eigenvalue weighted by atomic mass is 10.4. The maximum atomic E-state index is 4.07. The third kappa shape index (κ3) is 2.93. The number of hydrogen-bond donors (Lipinski definition) is 0. The SMILES string of the molecule is Ic1nnc(CSc2ccccc2)s1. The number of thioether (sulfide) groups is 1. The van der Waals surface area contributed by atoms with Crippen molar-refractivity contribution in [3.8, 4) is 0 Å². The molecule has 14 heavy (non-hydrogen) atoms. The van der Waals surface area contributed by atoms with Gasteiger partial charge in [0, 0.05) is 4.90 Å². The molecule has 5 heteroatoms. The minimum absolute atomic E-state index is 0.907. The van der Waals surface area contributed by atoms with Crippen molar-refractivity contribution in [3.05, 3.63) is 38.4 Å². The molecule has 72 valence electrons. The van der Waals surface area contributed by atoms with Crippen LogP contribution >= 0.6 is 45.7 Å². The van der Waals surface area contributed by atoms with Crippen LogP contribution in [-0.4, -0.2) is 10.2 Å². The van der Waals surface area contributed by atoms with Crippen LogP contribution in [0, 0.1) is 3.01 Å². The van der Waals surface area contributed by atoms with E-state index in [-0.39, 0.29) is 0 Å². The maximum Gasteiger partial charge on any atom is 0.178 e. The molecule has 1 heterocycles. The molecule has 0 amide bonds. The van der Waals surface area contributed by atoms with Gasteiger partial charge in [0.2, 0.25) is 0 Å². The van der Waals surface area contributed by atoms with Gasteiger partial charge < -0.3 is 0 Å². The van der Waals surface area contributed by atoms with E-state index in [1.807, 2.05) is 18.2 Å². The first-order chi connectivity index (χ1) is 6.84. The molecule has 1 aromatic heterocycles. The molecule has 0 saturated heterocycles. The molecule has 0 fully saturated rings. The van der Waals surface area contributed by atoms with Gasteiger partial charge in [0.1, 0.15) is 5.01 Å². The highest BCUT2D eigenvalue weighted by Gasteiger charge is 2.01. The summed E-state index contributed by atoms with van der Waals surface area (Å²) in [6.07, 6.45) is 0. The molecule has 0 N–H and O–H groups in total. The molecule has 0 aliphatic heterocycles. The van der Waals surface area contributed by atoms with Crippen molar-refractivity contribution in [2.45, 2.75) is 10.6 Å². The first-order valence-electron chi connectivity index (χ1n) is 4.00. The third-order valence-corrected chi connectivity index (χ3v) is 4.34. The van der Waals surface area contributed by atoms with E-state index in [9.17, 15) is 0 Å². The Balaban J connectivity index is 1.95. The van der Waals surface area contributed by atoms with E-state index < -0.39 is 0 Å². The summed E-state index contributed by atoms with van der Waals surface area (Å²) in [6.45, 7) is 0. The molecule has 2 nitrogen and oxygen atoms in total. The summed E-state index contributed by atoms with van der Waals surface area (Å²) in [4.78, 5) is 1.28. The Labute approximate surface area is 104 Å². The van der Waals surface area contributed by atoms with E-state index in [4.69, 9.17) is 0 Å². The molecule has 2 aromatic rings. The van der Waals surface area contributed by atoms with Crippen LogP contribution in [0.15, 0.2) is 35.2 Å². The minimum Gasteiger partial charge on any atom is -0.142 e. The van der Waals surface area contributed by atoms with Crippen molar-refractivity contribution in [3.63, 3.8) is 0 Å². The first-order valence-corrected chi connectivity index (χ1v) is 6.88. The van der Waals surface area contributed by atoms with Crippen molar-refractivity contribution in [2.24, 2.45) is 0 Å². The molecule has 0 unspecified atom stereocenters. The predicted octanol–water partition coefficient (Wildman–Crippen LogP) is 3.44. The van der Waals surface area contributed by atoms with Gasteiger partial charge in [-0.3, -0.25) is 0 Å². The monoisotopic (exact) mass is 334 g/mol. The van der Waals surface area contributed by atoms with Gasteiger partial charge in [0.25, 0.3) is 0 Å². The Bertz CT molecular complexity index is 402. The molecule has 2 rings (SSSR count). The Morgan fingerprint density at radius 1 is 1.21 bits per heavy atom. The highest BCUT2D eigenvalue weighted by atomic mass is 127. The zero-order valence-corrected chi connectivity index (χ0v) is 11.0. The molecule has 0 spiro atoms. The number of nitrogens with zero attached hydrogens (tertiary/aromatic N) is 2. The Kier molecular flexibility index (Phi) is 3.77. The highest BCUT2D eigenvalue weighted by molar-refractivity contribution is 14.1. The molecule has 1 aromatic carbocycles. The standard InChI is InChI=1S/C9H7IN2S2/c10-9-12-11-8(14-9)6-13-7-4-2-1-3-5-7/h1-5H,6H2. The van der Waals surface area contributed by atoms with E-state index >= 15 is 0 Å². The fourth-order valence-corrected chi connectivity index (χ4v) is 3.29. The molecule has 0 aliphatic carbocycles. The van der Waals surface area contributed by atoms with Crippen LogP contribution in [0.1, 0.15) is 5.01 Å². The predicted molar refractivity (Wildman–Crippen MR) is 68.6 cm³/mol. The average Bonchev–Trinajstić information content (AvgIpc) is 2.63. The lowest BCUT2D eigenvalue weighted by Crippen LogP contribution is -1.78. The van der Waals surface area contributed by atoms with Gasteiger partial charge in [-0.05, 0) is 34.7 Å². The van der Waals surface area contributed by atoms with Crippen molar-refractivity contribution in [1.29, 1.82) is 0 Å². The van der Waals surface area contributed by atoms with E-state index in [2.05, 4.69) is 44.9 Å². The van der Waals surface area contributed by atoms with Crippen LogP contribution in [0.2, 0.25) is 0 Å². The highest BCUT2D eigenvalue weighted by Crippen LogP contribution is 2.24. The second kappa shape index (κ2) is 5.09. The summed E-state index contributed by atoms with van der Waals surface area (Å²) in [7, 11) is 0. The van der Waals surface area contributed by atoms with Crippen LogP contribution in [0.4, 0.5) is 0 Å². The van der Waals surface area contributed by atoms with Crippen LogP contribution in [-0.2, 0) is 5.75 Å².